The summed E-state index contributed by atoms with van der Waals surface area (Å²) in [5.41, 5.74) is 2.35. The standard InChI is InChI=1S/C19H23N5O/c1-15(19(25)24-9-6-16-4-2-3-5-17(16)24)22-10-12-23(13-11-22)18-14-20-7-8-21-18/h2-5,7-8,14-15H,6,9-13H2,1H3. The van der Waals surface area contributed by atoms with Crippen LogP contribution in [0.5, 0.6) is 0 Å². The summed E-state index contributed by atoms with van der Waals surface area (Å²) in [6, 6.07) is 8.12. The first-order valence-electron chi connectivity index (χ1n) is 8.88. The largest absolute Gasteiger partial charge is 0.353 e. The number of amides is 1. The van der Waals surface area contributed by atoms with E-state index in [1.807, 2.05) is 24.0 Å². The van der Waals surface area contributed by atoms with E-state index in [9.17, 15) is 4.79 Å². The zero-order valence-corrected chi connectivity index (χ0v) is 14.5. The molecule has 0 N–H and O–H groups in total. The number of benzene rings is 1. The smallest absolute Gasteiger partial charge is 0.244 e. The number of hydrogen-bond donors (Lipinski definition) is 0. The first kappa shape index (κ1) is 16.0. The molecule has 0 spiro atoms. The van der Waals surface area contributed by atoms with Gasteiger partial charge in [-0.3, -0.25) is 14.7 Å². The average Bonchev–Trinajstić information content (AvgIpc) is 3.12. The van der Waals surface area contributed by atoms with Crippen molar-refractivity contribution >= 4 is 17.4 Å². The molecule has 3 heterocycles. The van der Waals surface area contributed by atoms with Gasteiger partial charge in [-0.15, -0.1) is 0 Å². The first-order valence-corrected chi connectivity index (χ1v) is 8.88. The molecule has 1 amide bonds. The Hall–Kier alpha value is -2.47. The second-order valence-corrected chi connectivity index (χ2v) is 6.63. The summed E-state index contributed by atoms with van der Waals surface area (Å²) in [6.45, 7) is 6.28. The van der Waals surface area contributed by atoms with Gasteiger partial charge in [0.05, 0.1) is 12.2 Å². The van der Waals surface area contributed by atoms with Crippen molar-refractivity contribution in [2.24, 2.45) is 0 Å². The maximum atomic E-state index is 13.0. The van der Waals surface area contributed by atoms with Gasteiger partial charge in [0, 0.05) is 50.8 Å². The van der Waals surface area contributed by atoms with Crippen molar-refractivity contribution in [3.63, 3.8) is 0 Å². The third-order valence-electron chi connectivity index (χ3n) is 5.25. The van der Waals surface area contributed by atoms with Crippen LogP contribution in [0.1, 0.15) is 12.5 Å². The van der Waals surface area contributed by atoms with Crippen molar-refractivity contribution in [2.45, 2.75) is 19.4 Å². The number of hydrogen-bond acceptors (Lipinski definition) is 5. The molecule has 1 fully saturated rings. The van der Waals surface area contributed by atoms with Crippen molar-refractivity contribution in [1.29, 1.82) is 0 Å². The zero-order chi connectivity index (χ0) is 17.2. The molecule has 2 aliphatic heterocycles. The minimum Gasteiger partial charge on any atom is -0.353 e. The Morgan fingerprint density at radius 1 is 1.08 bits per heavy atom. The number of aromatic nitrogens is 2. The molecule has 6 nitrogen and oxygen atoms in total. The van der Waals surface area contributed by atoms with Crippen LogP contribution in [-0.2, 0) is 11.2 Å². The van der Waals surface area contributed by atoms with E-state index in [1.54, 1.807) is 18.6 Å². The number of nitrogens with zero attached hydrogens (tertiary/aromatic N) is 5. The summed E-state index contributed by atoms with van der Waals surface area (Å²) in [7, 11) is 0. The van der Waals surface area contributed by atoms with Crippen LogP contribution in [0.15, 0.2) is 42.9 Å². The fourth-order valence-corrected chi connectivity index (χ4v) is 3.74. The minimum absolute atomic E-state index is 0.102. The second kappa shape index (κ2) is 6.80. The van der Waals surface area contributed by atoms with Gasteiger partial charge in [0.2, 0.25) is 5.91 Å². The fourth-order valence-electron chi connectivity index (χ4n) is 3.74. The molecular formula is C19H23N5O. The monoisotopic (exact) mass is 337 g/mol. The molecule has 0 bridgehead atoms. The van der Waals surface area contributed by atoms with Gasteiger partial charge in [0.15, 0.2) is 0 Å². The molecule has 4 rings (SSSR count). The Morgan fingerprint density at radius 2 is 1.88 bits per heavy atom. The van der Waals surface area contributed by atoms with Crippen molar-refractivity contribution in [3.05, 3.63) is 48.4 Å². The van der Waals surface area contributed by atoms with Crippen LogP contribution in [0.4, 0.5) is 11.5 Å². The SMILES string of the molecule is CC(C(=O)N1CCc2ccccc21)N1CCN(c2cnccn2)CC1. The quantitative estimate of drug-likeness (QED) is 0.851. The van der Waals surface area contributed by atoms with Crippen molar-refractivity contribution < 1.29 is 4.79 Å². The highest BCUT2D eigenvalue weighted by Gasteiger charge is 2.32. The summed E-state index contributed by atoms with van der Waals surface area (Å²) >= 11 is 0. The summed E-state index contributed by atoms with van der Waals surface area (Å²) in [5, 5.41) is 0. The third-order valence-corrected chi connectivity index (χ3v) is 5.25. The van der Waals surface area contributed by atoms with E-state index < -0.39 is 0 Å². The normalized spacial score (nSPS) is 18.9. The molecule has 1 saturated heterocycles. The molecule has 0 radical (unpaired) electrons. The lowest BCUT2D eigenvalue weighted by molar-refractivity contribution is -0.123. The number of carbonyl (C=O) groups excluding carboxylic acids is 1. The maximum Gasteiger partial charge on any atom is 0.244 e. The van der Waals surface area contributed by atoms with Crippen molar-refractivity contribution in [2.75, 3.05) is 42.5 Å². The van der Waals surface area contributed by atoms with E-state index >= 15 is 0 Å². The van der Waals surface area contributed by atoms with Crippen LogP contribution in [0.3, 0.4) is 0 Å². The molecular weight excluding hydrogens is 314 g/mol. The predicted octanol–water partition coefficient (Wildman–Crippen LogP) is 1.58. The van der Waals surface area contributed by atoms with Gasteiger partial charge in [-0.2, -0.15) is 0 Å². The number of fused-ring (bicyclic) bond motifs is 1. The molecule has 1 unspecified atom stereocenters. The Balaban J connectivity index is 1.39. The molecule has 130 valence electrons. The predicted molar refractivity (Wildman–Crippen MR) is 97.8 cm³/mol. The molecule has 0 saturated carbocycles. The van der Waals surface area contributed by atoms with E-state index in [2.05, 4.69) is 31.9 Å². The van der Waals surface area contributed by atoms with Gasteiger partial charge in [0.1, 0.15) is 5.82 Å². The topological polar surface area (TPSA) is 52.6 Å². The molecule has 1 atom stereocenters. The van der Waals surface area contributed by atoms with Crippen LogP contribution in [0.25, 0.3) is 0 Å². The van der Waals surface area contributed by atoms with Crippen molar-refractivity contribution in [1.82, 2.24) is 14.9 Å². The molecule has 2 aromatic rings. The van der Waals surface area contributed by atoms with E-state index in [0.717, 1.165) is 50.6 Å². The Labute approximate surface area is 148 Å². The van der Waals surface area contributed by atoms with Gasteiger partial charge < -0.3 is 9.80 Å². The first-order chi connectivity index (χ1) is 12.2. The molecule has 6 heteroatoms. The van der Waals surface area contributed by atoms with E-state index in [0.29, 0.717) is 0 Å². The molecule has 1 aromatic carbocycles. The third kappa shape index (κ3) is 3.09. The molecule has 0 aliphatic carbocycles. The van der Waals surface area contributed by atoms with Crippen LogP contribution in [0.2, 0.25) is 0 Å². The highest BCUT2D eigenvalue weighted by atomic mass is 16.2. The van der Waals surface area contributed by atoms with Gasteiger partial charge in [-0.05, 0) is 25.0 Å². The van der Waals surface area contributed by atoms with Crippen LogP contribution in [0, 0.1) is 0 Å². The van der Waals surface area contributed by atoms with E-state index in [4.69, 9.17) is 0 Å². The highest BCUT2D eigenvalue weighted by molar-refractivity contribution is 5.98. The Kier molecular flexibility index (Phi) is 4.36. The summed E-state index contributed by atoms with van der Waals surface area (Å²) in [6.07, 6.45) is 6.16. The second-order valence-electron chi connectivity index (χ2n) is 6.63. The minimum atomic E-state index is -0.102. The van der Waals surface area contributed by atoms with E-state index in [-0.39, 0.29) is 11.9 Å². The molecule has 2 aliphatic rings. The summed E-state index contributed by atoms with van der Waals surface area (Å²) < 4.78 is 0. The molecule has 1 aromatic heterocycles. The number of rotatable bonds is 3. The maximum absolute atomic E-state index is 13.0. The van der Waals surface area contributed by atoms with Gasteiger partial charge in [-0.25, -0.2) is 4.98 Å². The Morgan fingerprint density at radius 3 is 2.64 bits per heavy atom. The fraction of sp³-hybridized carbons (Fsp3) is 0.421. The van der Waals surface area contributed by atoms with Crippen LogP contribution >= 0.6 is 0 Å². The number of carbonyl (C=O) groups is 1. The number of piperazine rings is 1. The number of anilines is 2. The van der Waals surface area contributed by atoms with E-state index in [1.165, 1.54) is 5.56 Å². The summed E-state index contributed by atoms with van der Waals surface area (Å²) in [4.78, 5) is 28.0. The average molecular weight is 337 g/mol. The lowest BCUT2D eigenvalue weighted by atomic mass is 10.1. The lowest BCUT2D eigenvalue weighted by Crippen LogP contribution is -2.54. The Bertz CT molecular complexity index is 742. The van der Waals surface area contributed by atoms with Gasteiger partial charge in [0.25, 0.3) is 0 Å². The van der Waals surface area contributed by atoms with Gasteiger partial charge in [-0.1, -0.05) is 18.2 Å². The van der Waals surface area contributed by atoms with Gasteiger partial charge >= 0.3 is 0 Å². The highest BCUT2D eigenvalue weighted by Crippen LogP contribution is 2.28. The lowest BCUT2D eigenvalue weighted by Gasteiger charge is -2.38. The van der Waals surface area contributed by atoms with Crippen molar-refractivity contribution in [3.8, 4) is 0 Å². The van der Waals surface area contributed by atoms with Crippen LogP contribution < -0.4 is 9.80 Å². The summed E-state index contributed by atoms with van der Waals surface area (Å²) in [5.74, 6) is 1.12. The number of para-hydroxylation sites is 1. The van der Waals surface area contributed by atoms with Crippen LogP contribution in [-0.4, -0.2) is 59.5 Å². The zero-order valence-electron chi connectivity index (χ0n) is 14.5. The molecule has 25 heavy (non-hydrogen) atoms.